The largest absolute Gasteiger partial charge is 0.350 e. The van der Waals surface area contributed by atoms with Gasteiger partial charge < -0.3 is 10.6 Å². The molecule has 30 heavy (non-hydrogen) atoms. The van der Waals surface area contributed by atoms with E-state index in [4.69, 9.17) is 0 Å². The van der Waals surface area contributed by atoms with Gasteiger partial charge in [-0.1, -0.05) is 48.0 Å². The number of benzene rings is 2. The van der Waals surface area contributed by atoms with Crippen LogP contribution in [-0.2, 0) is 17.9 Å². The Hall–Kier alpha value is -3.41. The molecule has 3 rings (SSSR count). The van der Waals surface area contributed by atoms with Crippen molar-refractivity contribution in [1.82, 2.24) is 20.4 Å². The van der Waals surface area contributed by atoms with Gasteiger partial charge >= 0.3 is 0 Å². The molecule has 0 aliphatic carbocycles. The van der Waals surface area contributed by atoms with Crippen LogP contribution in [0.4, 0.5) is 0 Å². The number of hydrogen-bond acceptors (Lipinski definition) is 3. The first kappa shape index (κ1) is 21.3. The molecule has 2 N–H and O–H groups in total. The Labute approximate surface area is 177 Å². The minimum atomic E-state index is -0.641. The minimum absolute atomic E-state index is 0.231. The van der Waals surface area contributed by atoms with E-state index in [1.54, 1.807) is 19.1 Å². The maximum atomic E-state index is 12.5. The molecule has 2 aromatic carbocycles. The molecule has 0 saturated heterocycles. The van der Waals surface area contributed by atoms with E-state index in [0.29, 0.717) is 18.7 Å². The number of rotatable bonds is 7. The van der Waals surface area contributed by atoms with Gasteiger partial charge in [0.25, 0.3) is 5.91 Å². The zero-order valence-corrected chi connectivity index (χ0v) is 17.9. The van der Waals surface area contributed by atoms with Crippen molar-refractivity contribution < 1.29 is 9.59 Å². The lowest BCUT2D eigenvalue weighted by atomic mass is 10.1. The fourth-order valence-corrected chi connectivity index (χ4v) is 3.36. The van der Waals surface area contributed by atoms with Crippen LogP contribution < -0.4 is 10.6 Å². The van der Waals surface area contributed by atoms with E-state index in [9.17, 15) is 9.59 Å². The molecule has 0 aliphatic rings. The van der Waals surface area contributed by atoms with Gasteiger partial charge in [0.05, 0.1) is 12.2 Å². The third kappa shape index (κ3) is 5.14. The number of aryl methyl sites for hydroxylation is 2. The maximum absolute atomic E-state index is 12.5. The molecule has 3 aromatic rings. The van der Waals surface area contributed by atoms with Gasteiger partial charge in [-0.3, -0.25) is 14.3 Å². The lowest BCUT2D eigenvalue weighted by Gasteiger charge is -2.14. The smallest absolute Gasteiger partial charge is 0.251 e. The van der Waals surface area contributed by atoms with Crippen LogP contribution in [0.15, 0.2) is 54.6 Å². The van der Waals surface area contributed by atoms with Crippen LogP contribution in [0, 0.1) is 20.8 Å². The van der Waals surface area contributed by atoms with Crippen molar-refractivity contribution in [2.45, 2.75) is 46.8 Å². The number of amides is 2. The van der Waals surface area contributed by atoms with E-state index < -0.39 is 6.04 Å². The molecule has 0 bridgehead atoms. The molecule has 1 aromatic heterocycles. The number of nitrogens with zero attached hydrogens (tertiary/aromatic N) is 2. The number of aromatic nitrogens is 2. The molecule has 0 spiro atoms. The average Bonchev–Trinajstić information content (AvgIpc) is 2.99. The highest BCUT2D eigenvalue weighted by Gasteiger charge is 2.18. The molecule has 6 heteroatoms. The predicted octanol–water partition coefficient (Wildman–Crippen LogP) is 3.29. The molecule has 2 amide bonds. The highest BCUT2D eigenvalue weighted by molar-refractivity contribution is 5.97. The van der Waals surface area contributed by atoms with Crippen LogP contribution in [0.5, 0.6) is 0 Å². The van der Waals surface area contributed by atoms with E-state index in [0.717, 1.165) is 22.5 Å². The van der Waals surface area contributed by atoms with Crippen molar-refractivity contribution in [3.63, 3.8) is 0 Å². The van der Waals surface area contributed by atoms with Crippen LogP contribution in [0.1, 0.15) is 45.4 Å². The van der Waals surface area contributed by atoms with Gasteiger partial charge in [0.15, 0.2) is 0 Å². The van der Waals surface area contributed by atoms with Crippen molar-refractivity contribution >= 4 is 11.8 Å². The highest BCUT2D eigenvalue weighted by atomic mass is 16.2. The minimum Gasteiger partial charge on any atom is -0.350 e. The van der Waals surface area contributed by atoms with E-state index in [1.807, 2.05) is 55.8 Å². The van der Waals surface area contributed by atoms with Gasteiger partial charge in [0.1, 0.15) is 6.04 Å². The summed E-state index contributed by atoms with van der Waals surface area (Å²) in [5.74, 6) is -0.491. The third-order valence-corrected chi connectivity index (χ3v) is 5.17. The Morgan fingerprint density at radius 2 is 1.77 bits per heavy atom. The summed E-state index contributed by atoms with van der Waals surface area (Å²) < 4.78 is 1.95. The Bertz CT molecular complexity index is 1040. The summed E-state index contributed by atoms with van der Waals surface area (Å²) in [4.78, 5) is 24.9. The number of carbonyl (C=O) groups is 2. The fraction of sp³-hybridized carbons (Fsp3) is 0.292. The molecule has 0 radical (unpaired) electrons. The van der Waals surface area contributed by atoms with E-state index in [1.165, 1.54) is 5.56 Å². The summed E-state index contributed by atoms with van der Waals surface area (Å²) in [6.45, 7) is 8.61. The van der Waals surface area contributed by atoms with E-state index in [2.05, 4.69) is 27.9 Å². The maximum Gasteiger partial charge on any atom is 0.251 e. The van der Waals surface area contributed by atoms with Crippen molar-refractivity contribution in [2.24, 2.45) is 0 Å². The summed E-state index contributed by atoms with van der Waals surface area (Å²) in [5.41, 5.74) is 5.62. The quantitative estimate of drug-likeness (QED) is 0.634. The zero-order chi connectivity index (χ0) is 21.7. The topological polar surface area (TPSA) is 76.0 Å². The lowest BCUT2D eigenvalue weighted by Crippen LogP contribution is -2.44. The molecule has 156 valence electrons. The summed E-state index contributed by atoms with van der Waals surface area (Å²) in [7, 11) is 0. The second kappa shape index (κ2) is 9.39. The summed E-state index contributed by atoms with van der Waals surface area (Å²) in [6, 6.07) is 16.8. The standard InChI is InChI=1S/C24H28N4O2/c1-16-9-8-12-21(13-16)24(30)26-18(3)23(29)25-14-22-17(2)27-28(19(22)4)15-20-10-6-5-7-11-20/h5-13,18H,14-15H2,1-4H3,(H,25,29)(H,26,30). The molecule has 0 aliphatic heterocycles. The van der Waals surface area contributed by atoms with Crippen LogP contribution in [0.3, 0.4) is 0 Å². The first-order valence-electron chi connectivity index (χ1n) is 10.1. The van der Waals surface area contributed by atoms with Gasteiger partial charge in [0, 0.05) is 23.4 Å². The number of nitrogens with one attached hydrogen (secondary N) is 2. The second-order valence-corrected chi connectivity index (χ2v) is 7.58. The average molecular weight is 405 g/mol. The summed E-state index contributed by atoms with van der Waals surface area (Å²) >= 11 is 0. The van der Waals surface area contributed by atoms with Crippen LogP contribution in [-0.4, -0.2) is 27.6 Å². The van der Waals surface area contributed by atoms with Crippen LogP contribution >= 0.6 is 0 Å². The van der Waals surface area contributed by atoms with Crippen LogP contribution in [0.25, 0.3) is 0 Å². The molecule has 0 saturated carbocycles. The lowest BCUT2D eigenvalue weighted by molar-refractivity contribution is -0.122. The fourth-order valence-electron chi connectivity index (χ4n) is 3.36. The summed E-state index contributed by atoms with van der Waals surface area (Å²) in [6.07, 6.45) is 0. The van der Waals surface area contributed by atoms with Gasteiger partial charge in [-0.05, 0) is 45.4 Å². The highest BCUT2D eigenvalue weighted by Crippen LogP contribution is 2.15. The van der Waals surface area contributed by atoms with E-state index in [-0.39, 0.29) is 11.8 Å². The Balaban J connectivity index is 1.59. The molecular formula is C24H28N4O2. The molecular weight excluding hydrogens is 376 g/mol. The monoisotopic (exact) mass is 404 g/mol. The molecule has 0 fully saturated rings. The van der Waals surface area contributed by atoms with E-state index >= 15 is 0 Å². The van der Waals surface area contributed by atoms with Gasteiger partial charge in [0.2, 0.25) is 5.91 Å². The Morgan fingerprint density at radius 1 is 1.03 bits per heavy atom. The van der Waals surface area contributed by atoms with Gasteiger partial charge in [-0.15, -0.1) is 0 Å². The Morgan fingerprint density at radius 3 is 2.47 bits per heavy atom. The SMILES string of the molecule is Cc1cccc(C(=O)NC(C)C(=O)NCc2c(C)nn(Cc3ccccc3)c2C)c1. The first-order chi connectivity index (χ1) is 14.3. The molecule has 1 heterocycles. The molecule has 6 nitrogen and oxygen atoms in total. The van der Waals surface area contributed by atoms with Crippen molar-refractivity contribution in [3.8, 4) is 0 Å². The van der Waals surface area contributed by atoms with Gasteiger partial charge in [-0.25, -0.2) is 0 Å². The number of hydrogen-bond donors (Lipinski definition) is 2. The first-order valence-corrected chi connectivity index (χ1v) is 10.1. The Kier molecular flexibility index (Phi) is 6.67. The van der Waals surface area contributed by atoms with Crippen molar-refractivity contribution in [1.29, 1.82) is 0 Å². The van der Waals surface area contributed by atoms with Crippen molar-refractivity contribution in [3.05, 3.63) is 88.2 Å². The van der Waals surface area contributed by atoms with Crippen LogP contribution in [0.2, 0.25) is 0 Å². The summed E-state index contributed by atoms with van der Waals surface area (Å²) in [5, 5.41) is 10.3. The molecule has 1 unspecified atom stereocenters. The predicted molar refractivity (Wildman–Crippen MR) is 117 cm³/mol. The second-order valence-electron chi connectivity index (χ2n) is 7.58. The third-order valence-electron chi connectivity index (χ3n) is 5.17. The van der Waals surface area contributed by atoms with Gasteiger partial charge in [-0.2, -0.15) is 5.10 Å². The number of carbonyl (C=O) groups excluding carboxylic acids is 2. The van der Waals surface area contributed by atoms with Crippen molar-refractivity contribution in [2.75, 3.05) is 0 Å². The normalized spacial score (nSPS) is 11.7. The zero-order valence-electron chi connectivity index (χ0n) is 17.9. The molecule has 1 atom stereocenters.